The Morgan fingerprint density at radius 2 is 1.81 bits per heavy atom. The van der Waals surface area contributed by atoms with Gasteiger partial charge in [-0.3, -0.25) is 9.59 Å². The van der Waals surface area contributed by atoms with Crippen LogP contribution in [0.5, 0.6) is 0 Å². The third-order valence-electron chi connectivity index (χ3n) is 4.07. The van der Waals surface area contributed by atoms with Crippen molar-refractivity contribution < 1.29 is 9.59 Å². The third-order valence-corrected chi connectivity index (χ3v) is 6.07. The lowest BCUT2D eigenvalue weighted by Crippen LogP contribution is -2.19. The highest BCUT2D eigenvalue weighted by Crippen LogP contribution is 2.27. The van der Waals surface area contributed by atoms with Gasteiger partial charge in [-0.2, -0.15) is 0 Å². The fourth-order valence-electron chi connectivity index (χ4n) is 2.74. The van der Waals surface area contributed by atoms with Crippen LogP contribution in [0.25, 0.3) is 11.3 Å². The summed E-state index contributed by atoms with van der Waals surface area (Å²) in [7, 11) is 0. The first-order valence-electron chi connectivity index (χ1n) is 9.72. The molecule has 1 heterocycles. The normalized spacial score (nSPS) is 11.2. The number of thiazole rings is 1. The van der Waals surface area contributed by atoms with Crippen molar-refractivity contribution in [3.05, 3.63) is 58.9 Å². The molecule has 0 atom stereocenters. The largest absolute Gasteiger partial charge is 0.326 e. The molecule has 8 heteroatoms. The van der Waals surface area contributed by atoms with Crippen LogP contribution in [0.4, 0.5) is 10.8 Å². The van der Waals surface area contributed by atoms with E-state index in [0.29, 0.717) is 16.6 Å². The number of aromatic nitrogens is 1. The number of carbonyl (C=O) groups is 2. The summed E-state index contributed by atoms with van der Waals surface area (Å²) >= 11 is 8.71. The zero-order valence-electron chi connectivity index (χ0n) is 17.6. The number of rotatable bonds is 7. The van der Waals surface area contributed by atoms with E-state index in [4.69, 9.17) is 11.6 Å². The number of nitrogens with one attached hydrogen (secondary N) is 2. The second kappa shape index (κ2) is 10.3. The fraction of sp³-hybridized carbons (Fsp3) is 0.261. The monoisotopic (exact) mass is 473 g/mol. The van der Waals surface area contributed by atoms with Crippen LogP contribution in [0, 0.1) is 5.41 Å². The molecule has 0 aliphatic heterocycles. The average molecular weight is 474 g/mol. The fourth-order valence-corrected chi connectivity index (χ4v) is 4.36. The summed E-state index contributed by atoms with van der Waals surface area (Å²) in [5, 5.41) is 8.88. The molecule has 0 unspecified atom stereocenters. The van der Waals surface area contributed by atoms with Gasteiger partial charge in [0.1, 0.15) is 0 Å². The lowest BCUT2D eigenvalue weighted by atomic mass is 9.92. The summed E-state index contributed by atoms with van der Waals surface area (Å²) in [5.74, 6) is 0.0896. The summed E-state index contributed by atoms with van der Waals surface area (Å²) in [5.41, 5.74) is 2.40. The Balaban J connectivity index is 1.52. The molecule has 1 aromatic heterocycles. The molecule has 2 aromatic carbocycles. The second-order valence-electron chi connectivity index (χ2n) is 8.20. The summed E-state index contributed by atoms with van der Waals surface area (Å²) in [6, 6.07) is 14.9. The van der Waals surface area contributed by atoms with Crippen molar-refractivity contribution in [1.82, 2.24) is 4.98 Å². The minimum absolute atomic E-state index is 0.0207. The van der Waals surface area contributed by atoms with E-state index < -0.39 is 0 Å². The zero-order chi connectivity index (χ0) is 22.4. The van der Waals surface area contributed by atoms with Crippen LogP contribution in [0.3, 0.4) is 0 Å². The molecule has 0 saturated carbocycles. The van der Waals surface area contributed by atoms with Crippen LogP contribution in [0.15, 0.2) is 58.8 Å². The molecule has 0 aliphatic carbocycles. The molecule has 0 bridgehead atoms. The Morgan fingerprint density at radius 1 is 1.06 bits per heavy atom. The molecule has 3 aromatic rings. The lowest BCUT2D eigenvalue weighted by Gasteiger charge is -2.17. The van der Waals surface area contributed by atoms with E-state index in [9.17, 15) is 9.59 Å². The zero-order valence-corrected chi connectivity index (χ0v) is 20.0. The maximum absolute atomic E-state index is 12.3. The molecule has 162 valence electrons. The molecular formula is C23H24ClN3O2S2. The average Bonchev–Trinajstić information content (AvgIpc) is 3.14. The van der Waals surface area contributed by atoms with Gasteiger partial charge < -0.3 is 10.6 Å². The molecule has 2 amide bonds. The molecule has 31 heavy (non-hydrogen) atoms. The predicted molar refractivity (Wildman–Crippen MR) is 131 cm³/mol. The minimum atomic E-state index is -0.135. The highest BCUT2D eigenvalue weighted by atomic mass is 35.5. The first kappa shape index (κ1) is 23.3. The van der Waals surface area contributed by atoms with Crippen LogP contribution < -0.4 is 10.6 Å². The Morgan fingerprint density at radius 3 is 2.52 bits per heavy atom. The van der Waals surface area contributed by atoms with Crippen LogP contribution in [0.2, 0.25) is 5.02 Å². The molecule has 0 saturated heterocycles. The highest BCUT2D eigenvalue weighted by Gasteiger charge is 2.16. The Bertz CT molecular complexity index is 1060. The predicted octanol–water partition coefficient (Wildman–Crippen LogP) is 6.57. The van der Waals surface area contributed by atoms with Gasteiger partial charge in [-0.05, 0) is 35.7 Å². The van der Waals surface area contributed by atoms with Gasteiger partial charge in [-0.15, -0.1) is 23.1 Å². The molecule has 2 N–H and O–H groups in total. The SMILES string of the molecule is CC(C)(C)CC(=O)Nc1cccc(SCC(=O)Nc2nc(-c3ccc(Cl)cc3)cs2)c1. The molecule has 5 nitrogen and oxygen atoms in total. The number of carbonyl (C=O) groups excluding carboxylic acids is 2. The quantitative estimate of drug-likeness (QED) is 0.381. The van der Waals surface area contributed by atoms with Gasteiger partial charge >= 0.3 is 0 Å². The van der Waals surface area contributed by atoms with E-state index in [1.165, 1.54) is 23.1 Å². The maximum Gasteiger partial charge on any atom is 0.236 e. The Hall–Kier alpha value is -2.35. The van der Waals surface area contributed by atoms with Gasteiger partial charge in [-0.25, -0.2) is 4.98 Å². The van der Waals surface area contributed by atoms with Crippen molar-refractivity contribution >= 4 is 57.3 Å². The smallest absolute Gasteiger partial charge is 0.236 e. The van der Waals surface area contributed by atoms with Crippen LogP contribution in [-0.2, 0) is 9.59 Å². The molecular weight excluding hydrogens is 450 g/mol. The first-order chi connectivity index (χ1) is 14.7. The number of amides is 2. The van der Waals surface area contributed by atoms with E-state index in [0.717, 1.165) is 21.8 Å². The van der Waals surface area contributed by atoms with E-state index in [1.807, 2.05) is 74.7 Å². The molecule has 0 radical (unpaired) electrons. The van der Waals surface area contributed by atoms with Gasteiger partial charge in [-0.1, -0.05) is 50.6 Å². The second-order valence-corrected chi connectivity index (χ2v) is 10.5. The molecule has 0 aliphatic rings. The van der Waals surface area contributed by atoms with Crippen molar-refractivity contribution in [3.63, 3.8) is 0 Å². The maximum atomic E-state index is 12.3. The van der Waals surface area contributed by atoms with Crippen LogP contribution in [0.1, 0.15) is 27.2 Å². The van der Waals surface area contributed by atoms with Crippen LogP contribution >= 0.6 is 34.7 Å². The van der Waals surface area contributed by atoms with Gasteiger partial charge in [0.2, 0.25) is 11.8 Å². The van der Waals surface area contributed by atoms with Gasteiger partial charge in [0.15, 0.2) is 5.13 Å². The van der Waals surface area contributed by atoms with Crippen molar-refractivity contribution in [1.29, 1.82) is 0 Å². The lowest BCUT2D eigenvalue weighted by molar-refractivity contribution is -0.118. The number of halogens is 1. The van der Waals surface area contributed by atoms with E-state index in [2.05, 4.69) is 15.6 Å². The van der Waals surface area contributed by atoms with E-state index >= 15 is 0 Å². The molecule has 3 rings (SSSR count). The van der Waals surface area contributed by atoms with Gasteiger partial charge in [0.25, 0.3) is 0 Å². The summed E-state index contributed by atoms with van der Waals surface area (Å²) in [4.78, 5) is 29.9. The van der Waals surface area contributed by atoms with Crippen molar-refractivity contribution in [2.75, 3.05) is 16.4 Å². The Kier molecular flexibility index (Phi) is 7.75. The van der Waals surface area contributed by atoms with Crippen molar-refractivity contribution in [3.8, 4) is 11.3 Å². The van der Waals surface area contributed by atoms with Gasteiger partial charge in [0.05, 0.1) is 11.4 Å². The number of hydrogen-bond acceptors (Lipinski definition) is 5. The van der Waals surface area contributed by atoms with E-state index in [-0.39, 0.29) is 23.0 Å². The van der Waals surface area contributed by atoms with Gasteiger partial charge in [0, 0.05) is 33.0 Å². The highest BCUT2D eigenvalue weighted by molar-refractivity contribution is 8.00. The number of hydrogen-bond donors (Lipinski definition) is 2. The topological polar surface area (TPSA) is 71.1 Å². The first-order valence-corrected chi connectivity index (χ1v) is 12.0. The summed E-state index contributed by atoms with van der Waals surface area (Å²) < 4.78 is 0. The number of anilines is 2. The van der Waals surface area contributed by atoms with Crippen molar-refractivity contribution in [2.24, 2.45) is 5.41 Å². The summed E-state index contributed by atoms with van der Waals surface area (Å²) in [6.45, 7) is 6.08. The Labute approximate surface area is 195 Å². The minimum Gasteiger partial charge on any atom is -0.326 e. The van der Waals surface area contributed by atoms with Crippen LogP contribution in [-0.4, -0.2) is 22.6 Å². The molecule has 0 fully saturated rings. The standard InChI is InChI=1S/C23H24ClN3O2S2/c1-23(2,3)12-20(28)25-17-5-4-6-18(11-17)30-14-21(29)27-22-26-19(13-31-22)15-7-9-16(24)10-8-15/h4-11,13H,12,14H2,1-3H3,(H,25,28)(H,26,27,29). The number of benzene rings is 2. The summed E-state index contributed by atoms with van der Waals surface area (Å²) in [6.07, 6.45) is 0.443. The van der Waals surface area contributed by atoms with Crippen molar-refractivity contribution in [2.45, 2.75) is 32.1 Å². The number of nitrogens with zero attached hydrogens (tertiary/aromatic N) is 1. The number of thioether (sulfide) groups is 1. The van der Waals surface area contributed by atoms with E-state index in [1.54, 1.807) is 0 Å². The molecule has 0 spiro atoms. The third kappa shape index (κ3) is 7.69.